The highest BCUT2D eigenvalue weighted by Gasteiger charge is 2.04. The molecule has 1 rings (SSSR count). The molecule has 0 spiro atoms. The van der Waals surface area contributed by atoms with Crippen LogP contribution in [-0.2, 0) is 0 Å². The summed E-state index contributed by atoms with van der Waals surface area (Å²) in [6.45, 7) is 2.28. The minimum Gasteiger partial charge on any atom is -0.411 e. The summed E-state index contributed by atoms with van der Waals surface area (Å²) in [5.41, 5.74) is 1.50. The second-order valence-corrected chi connectivity index (χ2v) is 7.11. The first kappa shape index (κ1) is 21.7. The van der Waals surface area contributed by atoms with Crippen molar-refractivity contribution in [1.29, 1.82) is 0 Å². The number of nitrogens with zero attached hydrogens (tertiary/aromatic N) is 2. The van der Waals surface area contributed by atoms with Crippen molar-refractivity contribution >= 4 is 5.71 Å². The van der Waals surface area contributed by atoms with E-state index in [4.69, 9.17) is 5.21 Å². The quantitative estimate of drug-likeness (QED) is 0.150. The number of aromatic nitrogens is 1. The highest BCUT2D eigenvalue weighted by atomic mass is 16.4. The molecule has 0 aliphatic rings. The molecule has 3 heteroatoms. The van der Waals surface area contributed by atoms with Crippen LogP contribution in [0.5, 0.6) is 0 Å². The summed E-state index contributed by atoms with van der Waals surface area (Å²) in [5, 5.41) is 12.5. The number of hydrogen-bond acceptors (Lipinski definition) is 3. The molecule has 1 aromatic heterocycles. The highest BCUT2D eigenvalue weighted by Crippen LogP contribution is 2.14. The minimum absolute atomic E-state index is 0.708. The third-order valence-electron chi connectivity index (χ3n) is 4.85. The van der Waals surface area contributed by atoms with Gasteiger partial charge in [0, 0.05) is 6.20 Å². The Bertz CT molecular complexity index is 431. The summed E-state index contributed by atoms with van der Waals surface area (Å²) in [6.07, 6.45) is 21.6. The monoisotopic (exact) mass is 346 g/mol. The molecule has 1 N–H and O–H groups in total. The van der Waals surface area contributed by atoms with E-state index in [-0.39, 0.29) is 0 Å². The van der Waals surface area contributed by atoms with Gasteiger partial charge < -0.3 is 5.21 Å². The Hall–Kier alpha value is -1.38. The third-order valence-corrected chi connectivity index (χ3v) is 4.85. The number of oxime groups is 1. The van der Waals surface area contributed by atoms with Gasteiger partial charge >= 0.3 is 0 Å². The van der Waals surface area contributed by atoms with Crippen LogP contribution in [0.15, 0.2) is 29.6 Å². The zero-order valence-electron chi connectivity index (χ0n) is 16.3. The van der Waals surface area contributed by atoms with E-state index >= 15 is 0 Å². The van der Waals surface area contributed by atoms with Crippen LogP contribution in [0.25, 0.3) is 0 Å². The van der Waals surface area contributed by atoms with Crippen molar-refractivity contribution in [2.75, 3.05) is 0 Å². The Morgan fingerprint density at radius 2 is 1.32 bits per heavy atom. The lowest BCUT2D eigenvalue weighted by molar-refractivity contribution is 0.317. The molecule has 0 aromatic carbocycles. The molecule has 0 saturated carbocycles. The zero-order valence-corrected chi connectivity index (χ0v) is 16.3. The Labute approximate surface area is 154 Å². The maximum atomic E-state index is 9.13. The molecular weight excluding hydrogens is 308 g/mol. The number of hydrogen-bond donors (Lipinski definition) is 1. The molecule has 25 heavy (non-hydrogen) atoms. The van der Waals surface area contributed by atoms with Gasteiger partial charge in [-0.25, -0.2) is 0 Å². The summed E-state index contributed by atoms with van der Waals surface area (Å²) < 4.78 is 0. The van der Waals surface area contributed by atoms with Crippen molar-refractivity contribution in [2.24, 2.45) is 5.16 Å². The lowest BCUT2D eigenvalue weighted by atomic mass is 10.0. The summed E-state index contributed by atoms with van der Waals surface area (Å²) >= 11 is 0. The van der Waals surface area contributed by atoms with Gasteiger partial charge in [-0.05, 0) is 25.0 Å². The van der Waals surface area contributed by atoms with Crippen LogP contribution in [0, 0.1) is 0 Å². The molecule has 1 heterocycles. The molecule has 0 aliphatic heterocycles. The predicted molar refractivity (Wildman–Crippen MR) is 107 cm³/mol. The van der Waals surface area contributed by atoms with Gasteiger partial charge in [0.05, 0.1) is 5.69 Å². The molecule has 3 nitrogen and oxygen atoms in total. The Balaban J connectivity index is 1.87. The Morgan fingerprint density at radius 1 is 0.800 bits per heavy atom. The van der Waals surface area contributed by atoms with E-state index in [1.807, 2.05) is 18.2 Å². The average molecular weight is 347 g/mol. The van der Waals surface area contributed by atoms with Crippen LogP contribution in [0.1, 0.15) is 109 Å². The van der Waals surface area contributed by atoms with E-state index in [2.05, 4.69) is 17.1 Å². The first-order valence-electron chi connectivity index (χ1n) is 10.5. The van der Waals surface area contributed by atoms with Gasteiger partial charge in [0.2, 0.25) is 0 Å². The molecule has 0 fully saturated rings. The first-order chi connectivity index (χ1) is 12.4. The van der Waals surface area contributed by atoms with Crippen LogP contribution in [0.4, 0.5) is 0 Å². The summed E-state index contributed by atoms with van der Waals surface area (Å²) in [5.74, 6) is 0. The van der Waals surface area contributed by atoms with E-state index < -0.39 is 0 Å². The smallest absolute Gasteiger partial charge is 0.105 e. The van der Waals surface area contributed by atoms with E-state index in [0.717, 1.165) is 18.5 Å². The van der Waals surface area contributed by atoms with Gasteiger partial charge in [-0.15, -0.1) is 0 Å². The highest BCUT2D eigenvalue weighted by molar-refractivity contribution is 5.98. The molecule has 0 saturated heterocycles. The molecular formula is C22H38N2O. The van der Waals surface area contributed by atoms with Gasteiger partial charge in [0.15, 0.2) is 0 Å². The first-order valence-corrected chi connectivity index (χ1v) is 10.5. The van der Waals surface area contributed by atoms with E-state index in [1.165, 1.54) is 83.5 Å². The Morgan fingerprint density at radius 3 is 1.76 bits per heavy atom. The largest absolute Gasteiger partial charge is 0.411 e. The molecule has 0 bridgehead atoms. The third kappa shape index (κ3) is 11.7. The lowest BCUT2D eigenvalue weighted by Gasteiger charge is -2.05. The fourth-order valence-corrected chi connectivity index (χ4v) is 3.25. The second kappa shape index (κ2) is 16.1. The maximum Gasteiger partial charge on any atom is 0.105 e. The molecule has 0 amide bonds. The van der Waals surface area contributed by atoms with Crippen molar-refractivity contribution in [3.05, 3.63) is 30.1 Å². The predicted octanol–water partition coefficient (Wildman–Crippen LogP) is 7.13. The van der Waals surface area contributed by atoms with Gasteiger partial charge in [-0.3, -0.25) is 4.98 Å². The van der Waals surface area contributed by atoms with Crippen LogP contribution in [0.3, 0.4) is 0 Å². The van der Waals surface area contributed by atoms with Gasteiger partial charge in [0.25, 0.3) is 0 Å². The van der Waals surface area contributed by atoms with E-state index in [0.29, 0.717) is 5.71 Å². The second-order valence-electron chi connectivity index (χ2n) is 7.11. The summed E-state index contributed by atoms with van der Waals surface area (Å²) in [4.78, 5) is 4.24. The average Bonchev–Trinajstić information content (AvgIpc) is 2.66. The van der Waals surface area contributed by atoms with E-state index in [9.17, 15) is 0 Å². The lowest BCUT2D eigenvalue weighted by Crippen LogP contribution is -2.03. The molecule has 0 unspecified atom stereocenters. The fourth-order valence-electron chi connectivity index (χ4n) is 3.25. The molecule has 0 radical (unpaired) electrons. The number of unbranched alkanes of at least 4 members (excludes halogenated alkanes) is 13. The topological polar surface area (TPSA) is 45.5 Å². The van der Waals surface area contributed by atoms with Gasteiger partial charge in [-0.2, -0.15) is 0 Å². The van der Waals surface area contributed by atoms with Crippen LogP contribution >= 0.6 is 0 Å². The number of pyridine rings is 1. The SMILES string of the molecule is CCCCCCCCCCCCCCCC/C(=N\O)c1ccccn1. The molecule has 1 aromatic rings. The molecule has 0 aliphatic carbocycles. The van der Waals surface area contributed by atoms with Crippen molar-refractivity contribution < 1.29 is 5.21 Å². The summed E-state index contributed by atoms with van der Waals surface area (Å²) in [6, 6.07) is 5.71. The molecule has 0 atom stereocenters. The minimum atomic E-state index is 0.708. The Kier molecular flexibility index (Phi) is 14.0. The molecule has 142 valence electrons. The van der Waals surface area contributed by atoms with Crippen LogP contribution in [0.2, 0.25) is 0 Å². The van der Waals surface area contributed by atoms with Gasteiger partial charge in [0.1, 0.15) is 5.71 Å². The van der Waals surface area contributed by atoms with Crippen molar-refractivity contribution in [3.63, 3.8) is 0 Å². The fraction of sp³-hybridized carbons (Fsp3) is 0.727. The standard InChI is InChI=1S/C22H38N2O/c1-2-3-4-5-6-7-8-9-10-11-12-13-14-15-19-22(24-25)21-18-16-17-20-23-21/h16-18,20,25H,2-15,19H2,1H3/b24-22+. The van der Waals surface area contributed by atoms with Crippen LogP contribution < -0.4 is 0 Å². The van der Waals surface area contributed by atoms with Crippen molar-refractivity contribution in [1.82, 2.24) is 4.98 Å². The van der Waals surface area contributed by atoms with E-state index in [1.54, 1.807) is 6.20 Å². The maximum absolute atomic E-state index is 9.13. The number of rotatable bonds is 16. The van der Waals surface area contributed by atoms with Crippen molar-refractivity contribution in [2.45, 2.75) is 103 Å². The summed E-state index contributed by atoms with van der Waals surface area (Å²) in [7, 11) is 0. The normalized spacial score (nSPS) is 11.8. The zero-order chi connectivity index (χ0) is 18.0. The van der Waals surface area contributed by atoms with Gasteiger partial charge in [-0.1, -0.05) is 102 Å². The van der Waals surface area contributed by atoms with Crippen molar-refractivity contribution in [3.8, 4) is 0 Å². The van der Waals surface area contributed by atoms with Crippen LogP contribution in [-0.4, -0.2) is 15.9 Å².